The molecule has 0 unspecified atom stereocenters. The summed E-state index contributed by atoms with van der Waals surface area (Å²) in [7, 11) is 1.68. The molecule has 5 heteroatoms. The smallest absolute Gasteiger partial charge is 0.161 e. The Balaban J connectivity index is 1.44. The number of nitrogens with zero attached hydrogens (tertiary/aromatic N) is 2. The first-order chi connectivity index (χ1) is 13.2. The van der Waals surface area contributed by atoms with Gasteiger partial charge in [-0.15, -0.1) is 0 Å². The SMILES string of the molecule is COc1cc(CNCCN2CCC(C)CC2)ccc1OCc1ccncc1. The van der Waals surface area contributed by atoms with Crippen LogP contribution in [-0.4, -0.2) is 43.2 Å². The molecule has 1 aromatic carbocycles. The second kappa shape index (κ2) is 10.3. The first-order valence-corrected chi connectivity index (χ1v) is 9.86. The van der Waals surface area contributed by atoms with E-state index in [0.29, 0.717) is 6.61 Å². The van der Waals surface area contributed by atoms with Gasteiger partial charge in [0.25, 0.3) is 0 Å². The minimum Gasteiger partial charge on any atom is -0.493 e. The minimum atomic E-state index is 0.505. The molecule has 1 saturated heterocycles. The molecule has 5 nitrogen and oxygen atoms in total. The molecule has 1 aromatic heterocycles. The zero-order chi connectivity index (χ0) is 18.9. The topological polar surface area (TPSA) is 46.6 Å². The van der Waals surface area contributed by atoms with Gasteiger partial charge in [-0.05, 0) is 67.2 Å². The van der Waals surface area contributed by atoms with Gasteiger partial charge in [0.15, 0.2) is 11.5 Å². The summed E-state index contributed by atoms with van der Waals surface area (Å²) in [5, 5.41) is 3.54. The highest BCUT2D eigenvalue weighted by Gasteiger charge is 2.14. The Kier molecular flexibility index (Phi) is 7.48. The summed E-state index contributed by atoms with van der Waals surface area (Å²) in [4.78, 5) is 6.58. The lowest BCUT2D eigenvalue weighted by atomic mass is 9.99. The standard InChI is InChI=1S/C22H31N3O2/c1-18-7-12-25(13-8-18)14-11-24-16-20-3-4-21(22(15-20)26-2)27-17-19-5-9-23-10-6-19/h3-6,9-10,15,18,24H,7-8,11-14,16-17H2,1-2H3. The number of pyridine rings is 1. The Hall–Kier alpha value is -2.11. The molecular formula is C22H31N3O2. The largest absolute Gasteiger partial charge is 0.493 e. The Labute approximate surface area is 162 Å². The molecule has 0 bridgehead atoms. The Morgan fingerprint density at radius 1 is 1.07 bits per heavy atom. The van der Waals surface area contributed by atoms with Crippen molar-refractivity contribution >= 4 is 0 Å². The third-order valence-electron chi connectivity index (χ3n) is 5.18. The molecule has 0 saturated carbocycles. The van der Waals surface area contributed by atoms with Crippen LogP contribution in [0.15, 0.2) is 42.7 Å². The predicted octanol–water partition coefficient (Wildman–Crippen LogP) is 3.49. The van der Waals surface area contributed by atoms with E-state index >= 15 is 0 Å². The van der Waals surface area contributed by atoms with E-state index in [1.54, 1.807) is 19.5 Å². The fourth-order valence-corrected chi connectivity index (χ4v) is 3.34. The van der Waals surface area contributed by atoms with Crippen molar-refractivity contribution in [3.05, 3.63) is 53.9 Å². The van der Waals surface area contributed by atoms with E-state index in [0.717, 1.165) is 42.6 Å². The quantitative estimate of drug-likeness (QED) is 0.686. The molecular weight excluding hydrogens is 338 g/mol. The zero-order valence-corrected chi connectivity index (χ0v) is 16.5. The van der Waals surface area contributed by atoms with Gasteiger partial charge in [-0.25, -0.2) is 0 Å². The highest BCUT2D eigenvalue weighted by Crippen LogP contribution is 2.28. The van der Waals surface area contributed by atoms with Crippen molar-refractivity contribution in [3.63, 3.8) is 0 Å². The molecule has 0 spiro atoms. The number of rotatable bonds is 9. The first kappa shape index (κ1) is 19.6. The van der Waals surface area contributed by atoms with Crippen molar-refractivity contribution in [2.45, 2.75) is 32.9 Å². The molecule has 1 fully saturated rings. The van der Waals surface area contributed by atoms with Crippen LogP contribution in [0.25, 0.3) is 0 Å². The second-order valence-corrected chi connectivity index (χ2v) is 7.33. The lowest BCUT2D eigenvalue weighted by Gasteiger charge is -2.30. The van der Waals surface area contributed by atoms with Crippen molar-refractivity contribution in [2.75, 3.05) is 33.3 Å². The molecule has 1 N–H and O–H groups in total. The van der Waals surface area contributed by atoms with Crippen molar-refractivity contribution < 1.29 is 9.47 Å². The van der Waals surface area contributed by atoms with Crippen molar-refractivity contribution in [2.24, 2.45) is 5.92 Å². The fourth-order valence-electron chi connectivity index (χ4n) is 3.34. The summed E-state index contributed by atoms with van der Waals surface area (Å²) in [6, 6.07) is 10.0. The molecule has 0 aliphatic carbocycles. The van der Waals surface area contributed by atoms with E-state index in [9.17, 15) is 0 Å². The van der Waals surface area contributed by atoms with Crippen LogP contribution in [0.5, 0.6) is 11.5 Å². The molecule has 1 aliphatic heterocycles. The number of ether oxygens (including phenoxy) is 2. The van der Waals surface area contributed by atoms with E-state index in [4.69, 9.17) is 9.47 Å². The summed E-state index contributed by atoms with van der Waals surface area (Å²) in [6.45, 7) is 8.30. The number of nitrogens with one attached hydrogen (secondary N) is 1. The van der Waals surface area contributed by atoms with E-state index in [-0.39, 0.29) is 0 Å². The normalized spacial score (nSPS) is 15.6. The molecule has 3 rings (SSSR count). The van der Waals surface area contributed by atoms with Gasteiger partial charge in [-0.2, -0.15) is 0 Å². The predicted molar refractivity (Wildman–Crippen MR) is 108 cm³/mol. The number of benzene rings is 1. The van der Waals surface area contributed by atoms with Crippen LogP contribution in [0.1, 0.15) is 30.9 Å². The van der Waals surface area contributed by atoms with E-state index in [2.05, 4.69) is 34.3 Å². The third-order valence-corrected chi connectivity index (χ3v) is 5.18. The van der Waals surface area contributed by atoms with Gasteiger partial charge in [-0.1, -0.05) is 13.0 Å². The van der Waals surface area contributed by atoms with Gasteiger partial charge < -0.3 is 19.7 Å². The third kappa shape index (κ3) is 6.22. The van der Waals surface area contributed by atoms with Crippen molar-refractivity contribution in [1.82, 2.24) is 15.2 Å². The van der Waals surface area contributed by atoms with Crippen LogP contribution >= 0.6 is 0 Å². The van der Waals surface area contributed by atoms with Crippen LogP contribution in [0.3, 0.4) is 0 Å². The lowest BCUT2D eigenvalue weighted by molar-refractivity contribution is 0.193. The summed E-state index contributed by atoms with van der Waals surface area (Å²) in [5.74, 6) is 2.43. The van der Waals surface area contributed by atoms with Crippen LogP contribution < -0.4 is 14.8 Å². The molecule has 146 valence electrons. The van der Waals surface area contributed by atoms with Gasteiger partial charge in [0.1, 0.15) is 6.61 Å². The molecule has 0 atom stereocenters. The van der Waals surface area contributed by atoms with Crippen LogP contribution in [0.4, 0.5) is 0 Å². The average molecular weight is 370 g/mol. The number of hydrogen-bond donors (Lipinski definition) is 1. The lowest BCUT2D eigenvalue weighted by Crippen LogP contribution is -2.37. The van der Waals surface area contributed by atoms with Crippen molar-refractivity contribution in [1.29, 1.82) is 0 Å². The van der Waals surface area contributed by atoms with Crippen LogP contribution in [0.2, 0.25) is 0 Å². The average Bonchev–Trinajstić information content (AvgIpc) is 2.72. The van der Waals surface area contributed by atoms with Gasteiger partial charge in [0.2, 0.25) is 0 Å². The van der Waals surface area contributed by atoms with E-state index in [1.165, 1.54) is 31.5 Å². The Bertz CT molecular complexity index is 685. The van der Waals surface area contributed by atoms with Gasteiger partial charge in [0, 0.05) is 32.0 Å². The number of hydrogen-bond acceptors (Lipinski definition) is 5. The maximum absolute atomic E-state index is 5.90. The minimum absolute atomic E-state index is 0.505. The number of methoxy groups -OCH3 is 1. The summed E-state index contributed by atoms with van der Waals surface area (Å²) < 4.78 is 11.4. The number of likely N-dealkylation sites (tertiary alicyclic amines) is 1. The van der Waals surface area contributed by atoms with Crippen LogP contribution in [-0.2, 0) is 13.2 Å². The van der Waals surface area contributed by atoms with Gasteiger partial charge >= 0.3 is 0 Å². The molecule has 2 heterocycles. The highest BCUT2D eigenvalue weighted by molar-refractivity contribution is 5.43. The number of piperidine rings is 1. The van der Waals surface area contributed by atoms with Gasteiger partial charge in [-0.3, -0.25) is 4.98 Å². The Morgan fingerprint density at radius 2 is 1.85 bits per heavy atom. The molecule has 2 aromatic rings. The van der Waals surface area contributed by atoms with E-state index in [1.807, 2.05) is 18.2 Å². The monoisotopic (exact) mass is 369 g/mol. The molecule has 27 heavy (non-hydrogen) atoms. The van der Waals surface area contributed by atoms with Gasteiger partial charge in [0.05, 0.1) is 7.11 Å². The molecule has 1 aliphatic rings. The van der Waals surface area contributed by atoms with Crippen molar-refractivity contribution in [3.8, 4) is 11.5 Å². The molecule has 0 amide bonds. The maximum Gasteiger partial charge on any atom is 0.161 e. The maximum atomic E-state index is 5.90. The summed E-state index contributed by atoms with van der Waals surface area (Å²) in [6.07, 6.45) is 6.21. The van der Waals surface area contributed by atoms with Crippen LogP contribution in [0, 0.1) is 5.92 Å². The Morgan fingerprint density at radius 3 is 2.59 bits per heavy atom. The summed E-state index contributed by atoms with van der Waals surface area (Å²) >= 11 is 0. The zero-order valence-electron chi connectivity index (χ0n) is 16.5. The highest BCUT2D eigenvalue weighted by atomic mass is 16.5. The first-order valence-electron chi connectivity index (χ1n) is 9.86. The van der Waals surface area contributed by atoms with E-state index < -0.39 is 0 Å². The summed E-state index contributed by atoms with van der Waals surface area (Å²) in [5.41, 5.74) is 2.29. The number of aromatic nitrogens is 1. The fraction of sp³-hybridized carbons (Fsp3) is 0.500. The molecule has 0 radical (unpaired) electrons. The second-order valence-electron chi connectivity index (χ2n) is 7.33.